The lowest BCUT2D eigenvalue weighted by Gasteiger charge is -2.17. The van der Waals surface area contributed by atoms with Crippen molar-refractivity contribution >= 4 is 5.97 Å². The van der Waals surface area contributed by atoms with Crippen molar-refractivity contribution in [2.24, 2.45) is 5.73 Å². The van der Waals surface area contributed by atoms with Crippen molar-refractivity contribution in [2.75, 3.05) is 0 Å². The number of carbonyl (C=O) groups is 1. The number of aliphatic hydroxyl groups is 1. The second-order valence-corrected chi connectivity index (χ2v) is 3.28. The molecule has 15 heavy (non-hydrogen) atoms. The van der Waals surface area contributed by atoms with Gasteiger partial charge in [0.25, 0.3) is 0 Å². The Labute approximate surface area is 86.1 Å². The monoisotopic (exact) mass is 213 g/mol. The van der Waals surface area contributed by atoms with E-state index in [0.717, 1.165) is 6.07 Å². The van der Waals surface area contributed by atoms with Crippen LogP contribution >= 0.6 is 0 Å². The van der Waals surface area contributed by atoms with Gasteiger partial charge in [0.15, 0.2) is 0 Å². The Hall–Kier alpha value is -1.46. The van der Waals surface area contributed by atoms with E-state index in [1.165, 1.54) is 6.07 Å². The quantitative estimate of drug-likeness (QED) is 0.685. The Morgan fingerprint density at radius 1 is 1.53 bits per heavy atom. The minimum atomic E-state index is -1.54. The average Bonchev–Trinajstić information content (AvgIpc) is 2.15. The standard InChI is InChI=1S/C10H12FNO3/c1-5-3-2-4-6(11)7(5)9(13)8(12)10(14)15/h2-4,8-9,13H,12H2,1H3,(H,14,15). The van der Waals surface area contributed by atoms with E-state index in [9.17, 15) is 14.3 Å². The summed E-state index contributed by atoms with van der Waals surface area (Å²) < 4.78 is 13.3. The number of aliphatic carboxylic acids is 1. The number of benzene rings is 1. The zero-order valence-electron chi connectivity index (χ0n) is 8.14. The first-order valence-corrected chi connectivity index (χ1v) is 4.36. The van der Waals surface area contributed by atoms with Crippen LogP contribution in [0, 0.1) is 12.7 Å². The van der Waals surface area contributed by atoms with E-state index < -0.39 is 23.9 Å². The van der Waals surface area contributed by atoms with Crippen molar-refractivity contribution in [2.45, 2.75) is 19.1 Å². The topological polar surface area (TPSA) is 83.5 Å². The zero-order chi connectivity index (χ0) is 11.6. The second-order valence-electron chi connectivity index (χ2n) is 3.28. The van der Waals surface area contributed by atoms with Gasteiger partial charge in [-0.15, -0.1) is 0 Å². The highest BCUT2D eigenvalue weighted by Gasteiger charge is 2.27. The van der Waals surface area contributed by atoms with Crippen molar-refractivity contribution in [3.63, 3.8) is 0 Å². The Balaban J connectivity index is 3.10. The van der Waals surface area contributed by atoms with E-state index in [4.69, 9.17) is 10.8 Å². The van der Waals surface area contributed by atoms with E-state index in [-0.39, 0.29) is 5.56 Å². The summed E-state index contributed by atoms with van der Waals surface area (Å²) in [4.78, 5) is 10.5. The fraction of sp³-hybridized carbons (Fsp3) is 0.300. The maximum Gasteiger partial charge on any atom is 0.323 e. The van der Waals surface area contributed by atoms with Crippen molar-refractivity contribution in [1.82, 2.24) is 0 Å². The lowest BCUT2D eigenvalue weighted by Crippen LogP contribution is -2.37. The van der Waals surface area contributed by atoms with E-state index >= 15 is 0 Å². The van der Waals surface area contributed by atoms with Gasteiger partial charge in [0.05, 0.1) is 0 Å². The smallest absolute Gasteiger partial charge is 0.323 e. The SMILES string of the molecule is Cc1cccc(F)c1C(O)C(N)C(=O)O. The van der Waals surface area contributed by atoms with Gasteiger partial charge in [0.1, 0.15) is 18.0 Å². The first-order valence-electron chi connectivity index (χ1n) is 4.36. The number of carboxylic acids is 1. The second kappa shape index (κ2) is 4.37. The lowest BCUT2D eigenvalue weighted by atomic mass is 9.98. The maximum absolute atomic E-state index is 13.3. The molecule has 4 nitrogen and oxygen atoms in total. The molecule has 0 bridgehead atoms. The molecule has 0 saturated carbocycles. The minimum absolute atomic E-state index is 0.0626. The summed E-state index contributed by atoms with van der Waals surface area (Å²) >= 11 is 0. The normalized spacial score (nSPS) is 14.7. The summed E-state index contributed by atoms with van der Waals surface area (Å²) in [6, 6.07) is 2.68. The Bertz CT molecular complexity index is 361. The predicted octanol–water partition coefficient (Wildman–Crippen LogP) is 0.579. The fourth-order valence-electron chi connectivity index (χ4n) is 1.33. The lowest BCUT2D eigenvalue weighted by molar-refractivity contribution is -0.141. The molecule has 0 aromatic heterocycles. The maximum atomic E-state index is 13.3. The zero-order valence-corrected chi connectivity index (χ0v) is 8.14. The molecule has 1 aromatic carbocycles. The average molecular weight is 213 g/mol. The van der Waals surface area contributed by atoms with Gasteiger partial charge in [-0.05, 0) is 18.6 Å². The van der Waals surface area contributed by atoms with Crippen LogP contribution in [0.4, 0.5) is 4.39 Å². The first-order chi connectivity index (χ1) is 6.95. The highest BCUT2D eigenvalue weighted by Crippen LogP contribution is 2.23. The molecule has 5 heteroatoms. The summed E-state index contributed by atoms with van der Waals surface area (Å²) in [7, 11) is 0. The van der Waals surface area contributed by atoms with Gasteiger partial charge in [-0.25, -0.2) is 4.39 Å². The van der Waals surface area contributed by atoms with Crippen molar-refractivity contribution in [3.8, 4) is 0 Å². The van der Waals surface area contributed by atoms with Crippen LogP contribution in [0.2, 0.25) is 0 Å². The van der Waals surface area contributed by atoms with Crippen LogP contribution in [0.3, 0.4) is 0 Å². The predicted molar refractivity (Wildman–Crippen MR) is 51.7 cm³/mol. The molecular weight excluding hydrogens is 201 g/mol. The molecule has 2 atom stereocenters. The molecule has 2 unspecified atom stereocenters. The molecule has 0 spiro atoms. The molecule has 0 amide bonds. The Morgan fingerprint density at radius 3 is 2.60 bits per heavy atom. The molecule has 0 aliphatic heterocycles. The van der Waals surface area contributed by atoms with Gasteiger partial charge < -0.3 is 15.9 Å². The number of carboxylic acid groups (broad SMARTS) is 1. The third kappa shape index (κ3) is 2.31. The van der Waals surface area contributed by atoms with E-state index in [0.29, 0.717) is 5.56 Å². The van der Waals surface area contributed by atoms with Crippen molar-refractivity contribution < 1.29 is 19.4 Å². The van der Waals surface area contributed by atoms with E-state index in [1.54, 1.807) is 13.0 Å². The molecule has 0 saturated heterocycles. The van der Waals surface area contributed by atoms with E-state index in [2.05, 4.69) is 0 Å². The van der Waals surface area contributed by atoms with Gasteiger partial charge in [-0.1, -0.05) is 12.1 Å². The third-order valence-electron chi connectivity index (χ3n) is 2.19. The number of aliphatic hydroxyl groups excluding tert-OH is 1. The summed E-state index contributed by atoms with van der Waals surface area (Å²) in [5, 5.41) is 18.2. The van der Waals surface area contributed by atoms with Gasteiger partial charge in [-0.3, -0.25) is 4.79 Å². The molecule has 0 aliphatic rings. The summed E-state index contributed by atoms with van der Waals surface area (Å²) in [6.07, 6.45) is -1.54. The Kier molecular flexibility index (Phi) is 3.39. The summed E-state index contributed by atoms with van der Waals surface area (Å²) in [5.41, 5.74) is 5.62. The number of rotatable bonds is 3. The van der Waals surface area contributed by atoms with E-state index in [1.807, 2.05) is 0 Å². The van der Waals surface area contributed by atoms with Crippen LogP contribution in [0.5, 0.6) is 0 Å². The highest BCUT2D eigenvalue weighted by atomic mass is 19.1. The molecule has 4 N–H and O–H groups in total. The van der Waals surface area contributed by atoms with Crippen molar-refractivity contribution in [1.29, 1.82) is 0 Å². The summed E-state index contributed by atoms with van der Waals surface area (Å²) in [5.74, 6) is -2.02. The fourth-order valence-corrected chi connectivity index (χ4v) is 1.33. The van der Waals surface area contributed by atoms with Crippen LogP contribution in [0.15, 0.2) is 18.2 Å². The van der Waals surface area contributed by atoms with Gasteiger partial charge >= 0.3 is 5.97 Å². The van der Waals surface area contributed by atoms with Gasteiger partial charge in [-0.2, -0.15) is 0 Å². The Morgan fingerprint density at radius 2 is 2.13 bits per heavy atom. The molecule has 1 rings (SSSR count). The van der Waals surface area contributed by atoms with Crippen LogP contribution in [0.1, 0.15) is 17.2 Å². The molecule has 82 valence electrons. The largest absolute Gasteiger partial charge is 0.480 e. The molecule has 0 heterocycles. The van der Waals surface area contributed by atoms with Crippen molar-refractivity contribution in [3.05, 3.63) is 35.1 Å². The molecular formula is C10H12FNO3. The van der Waals surface area contributed by atoms with Crippen LogP contribution in [0.25, 0.3) is 0 Å². The van der Waals surface area contributed by atoms with Gasteiger partial charge in [0.2, 0.25) is 0 Å². The van der Waals surface area contributed by atoms with Crippen LogP contribution < -0.4 is 5.73 Å². The molecule has 1 aromatic rings. The minimum Gasteiger partial charge on any atom is -0.480 e. The molecule has 0 fully saturated rings. The third-order valence-corrected chi connectivity index (χ3v) is 2.19. The molecule has 0 radical (unpaired) electrons. The number of aryl methyl sites for hydroxylation is 1. The highest BCUT2D eigenvalue weighted by molar-refractivity contribution is 5.74. The summed E-state index contributed by atoms with van der Waals surface area (Å²) in [6.45, 7) is 1.58. The van der Waals surface area contributed by atoms with Crippen LogP contribution in [-0.4, -0.2) is 22.2 Å². The number of halogens is 1. The number of nitrogens with two attached hydrogens (primary N) is 1. The van der Waals surface area contributed by atoms with Crippen LogP contribution in [-0.2, 0) is 4.79 Å². The van der Waals surface area contributed by atoms with Gasteiger partial charge in [0, 0.05) is 5.56 Å². The molecule has 0 aliphatic carbocycles. The number of hydrogen-bond acceptors (Lipinski definition) is 3. The first kappa shape index (κ1) is 11.6. The number of hydrogen-bond donors (Lipinski definition) is 3.